The molecule has 1 saturated heterocycles. The molecular weight excluding hydrogens is 238 g/mol. The molecule has 0 amide bonds. The standard InChI is InChI=1S/C11H13N3O2S/c1-14(10-7-13-8-10)17(15,16)11-4-2-9(6-12)3-5-11/h2-5,10,13H,7-8H2,1H3. The van der Waals surface area contributed by atoms with Gasteiger partial charge in [0.2, 0.25) is 10.0 Å². The summed E-state index contributed by atoms with van der Waals surface area (Å²) in [5.41, 5.74) is 0.455. The summed E-state index contributed by atoms with van der Waals surface area (Å²) in [6.07, 6.45) is 0. The van der Waals surface area contributed by atoms with Crippen LogP contribution in [0.15, 0.2) is 29.2 Å². The lowest BCUT2D eigenvalue weighted by Crippen LogP contribution is -2.57. The molecule has 1 heterocycles. The maximum atomic E-state index is 12.2. The Labute approximate surface area is 101 Å². The van der Waals surface area contributed by atoms with Gasteiger partial charge in [0.05, 0.1) is 16.5 Å². The average molecular weight is 251 g/mol. The molecule has 1 aliphatic heterocycles. The van der Waals surface area contributed by atoms with Crippen LogP contribution < -0.4 is 5.32 Å². The molecule has 0 saturated carbocycles. The maximum Gasteiger partial charge on any atom is 0.243 e. The van der Waals surface area contributed by atoms with Gasteiger partial charge in [-0.1, -0.05) is 0 Å². The first kappa shape index (κ1) is 12.0. The molecule has 0 bridgehead atoms. The molecule has 2 rings (SSSR count). The second-order valence-corrected chi connectivity index (χ2v) is 5.97. The van der Waals surface area contributed by atoms with Crippen molar-refractivity contribution in [1.29, 1.82) is 5.26 Å². The minimum absolute atomic E-state index is 0.0237. The van der Waals surface area contributed by atoms with Crippen LogP contribution in [0, 0.1) is 11.3 Å². The molecule has 0 aromatic heterocycles. The summed E-state index contributed by atoms with van der Waals surface area (Å²) in [5, 5.41) is 11.7. The maximum absolute atomic E-state index is 12.2. The minimum Gasteiger partial charge on any atom is -0.313 e. The Balaban J connectivity index is 2.27. The fourth-order valence-corrected chi connectivity index (χ4v) is 2.95. The van der Waals surface area contributed by atoms with Crippen molar-refractivity contribution >= 4 is 10.0 Å². The topological polar surface area (TPSA) is 73.2 Å². The second kappa shape index (κ2) is 4.45. The predicted octanol–water partition coefficient (Wildman–Crippen LogP) is 0.151. The van der Waals surface area contributed by atoms with E-state index in [-0.39, 0.29) is 10.9 Å². The number of nitrogens with zero attached hydrogens (tertiary/aromatic N) is 2. The van der Waals surface area contributed by atoms with Gasteiger partial charge in [-0.25, -0.2) is 8.42 Å². The van der Waals surface area contributed by atoms with Gasteiger partial charge < -0.3 is 5.32 Å². The van der Waals surface area contributed by atoms with E-state index in [1.165, 1.54) is 28.6 Å². The van der Waals surface area contributed by atoms with E-state index in [0.717, 1.165) is 0 Å². The van der Waals surface area contributed by atoms with Gasteiger partial charge >= 0.3 is 0 Å². The van der Waals surface area contributed by atoms with Crippen LogP contribution in [0.5, 0.6) is 0 Å². The molecule has 1 aromatic rings. The Morgan fingerprint density at radius 1 is 1.35 bits per heavy atom. The highest BCUT2D eigenvalue weighted by Crippen LogP contribution is 2.18. The second-order valence-electron chi connectivity index (χ2n) is 3.97. The predicted molar refractivity (Wildman–Crippen MR) is 62.8 cm³/mol. The Kier molecular flexibility index (Phi) is 3.15. The SMILES string of the molecule is CN(C1CNC1)S(=O)(=O)c1ccc(C#N)cc1. The quantitative estimate of drug-likeness (QED) is 0.830. The van der Waals surface area contributed by atoms with Gasteiger partial charge in [0.15, 0.2) is 0 Å². The normalized spacial score (nSPS) is 16.5. The Hall–Kier alpha value is -1.42. The van der Waals surface area contributed by atoms with Crippen molar-refractivity contribution in [2.75, 3.05) is 20.1 Å². The molecule has 17 heavy (non-hydrogen) atoms. The van der Waals surface area contributed by atoms with E-state index in [9.17, 15) is 8.42 Å². The van der Waals surface area contributed by atoms with Crippen molar-refractivity contribution in [3.05, 3.63) is 29.8 Å². The van der Waals surface area contributed by atoms with Gasteiger partial charge in [-0.3, -0.25) is 0 Å². The molecule has 1 aliphatic rings. The highest BCUT2D eigenvalue weighted by atomic mass is 32.2. The summed E-state index contributed by atoms with van der Waals surface area (Å²) in [4.78, 5) is 0.228. The number of likely N-dealkylation sites (N-methyl/N-ethyl adjacent to an activating group) is 1. The lowest BCUT2D eigenvalue weighted by molar-refractivity contribution is 0.274. The molecule has 1 N–H and O–H groups in total. The van der Waals surface area contributed by atoms with E-state index in [0.29, 0.717) is 18.7 Å². The first-order valence-electron chi connectivity index (χ1n) is 5.24. The molecule has 5 nitrogen and oxygen atoms in total. The van der Waals surface area contributed by atoms with Gasteiger partial charge in [-0.05, 0) is 24.3 Å². The van der Waals surface area contributed by atoms with Crippen molar-refractivity contribution in [2.45, 2.75) is 10.9 Å². The molecule has 0 radical (unpaired) electrons. The van der Waals surface area contributed by atoms with Crippen LogP contribution in [0.2, 0.25) is 0 Å². The van der Waals surface area contributed by atoms with Gasteiger partial charge in [-0.15, -0.1) is 0 Å². The van der Waals surface area contributed by atoms with Gasteiger partial charge in [0, 0.05) is 26.2 Å². The van der Waals surface area contributed by atoms with Crippen LogP contribution >= 0.6 is 0 Å². The molecule has 0 spiro atoms. The lowest BCUT2D eigenvalue weighted by atomic mass is 10.2. The van der Waals surface area contributed by atoms with Crippen molar-refractivity contribution in [1.82, 2.24) is 9.62 Å². The number of rotatable bonds is 3. The van der Waals surface area contributed by atoms with E-state index in [1.54, 1.807) is 7.05 Å². The van der Waals surface area contributed by atoms with Crippen LogP contribution in [0.3, 0.4) is 0 Å². The third kappa shape index (κ3) is 2.17. The Morgan fingerprint density at radius 3 is 2.35 bits per heavy atom. The fraction of sp³-hybridized carbons (Fsp3) is 0.364. The Morgan fingerprint density at radius 2 is 1.94 bits per heavy atom. The summed E-state index contributed by atoms with van der Waals surface area (Å²) in [5.74, 6) is 0. The summed E-state index contributed by atoms with van der Waals surface area (Å²) in [6, 6.07) is 7.95. The first-order chi connectivity index (χ1) is 8.05. The van der Waals surface area contributed by atoms with Crippen molar-refractivity contribution in [3.63, 3.8) is 0 Å². The molecule has 1 aromatic carbocycles. The molecule has 0 atom stereocenters. The number of nitriles is 1. The zero-order valence-corrected chi connectivity index (χ0v) is 10.2. The van der Waals surface area contributed by atoms with Crippen LogP contribution in [0.4, 0.5) is 0 Å². The largest absolute Gasteiger partial charge is 0.313 e. The zero-order chi connectivity index (χ0) is 12.5. The van der Waals surface area contributed by atoms with Crippen LogP contribution in [-0.4, -0.2) is 38.9 Å². The molecule has 0 aliphatic carbocycles. The summed E-state index contributed by atoms with van der Waals surface area (Å²) < 4.78 is 25.7. The number of nitrogens with one attached hydrogen (secondary N) is 1. The van der Waals surface area contributed by atoms with Gasteiger partial charge in [-0.2, -0.15) is 9.57 Å². The first-order valence-corrected chi connectivity index (χ1v) is 6.68. The summed E-state index contributed by atoms with van der Waals surface area (Å²) in [6.45, 7) is 1.37. The molecule has 1 fully saturated rings. The van der Waals surface area contributed by atoms with Gasteiger partial charge in [0.25, 0.3) is 0 Å². The number of benzene rings is 1. The van der Waals surface area contributed by atoms with Crippen molar-refractivity contribution in [2.24, 2.45) is 0 Å². The number of sulfonamides is 1. The number of hydrogen-bond donors (Lipinski definition) is 1. The van der Waals surface area contributed by atoms with Crippen molar-refractivity contribution in [3.8, 4) is 6.07 Å². The molecule has 0 unspecified atom stereocenters. The van der Waals surface area contributed by atoms with E-state index in [2.05, 4.69) is 5.32 Å². The smallest absolute Gasteiger partial charge is 0.243 e. The summed E-state index contributed by atoms with van der Waals surface area (Å²) in [7, 11) is -1.86. The highest BCUT2D eigenvalue weighted by Gasteiger charge is 2.31. The zero-order valence-electron chi connectivity index (χ0n) is 9.42. The van der Waals surface area contributed by atoms with Crippen LogP contribution in [0.25, 0.3) is 0 Å². The third-order valence-electron chi connectivity index (χ3n) is 2.93. The van der Waals surface area contributed by atoms with E-state index >= 15 is 0 Å². The number of hydrogen-bond acceptors (Lipinski definition) is 4. The highest BCUT2D eigenvalue weighted by molar-refractivity contribution is 7.89. The fourth-order valence-electron chi connectivity index (χ4n) is 1.59. The van der Waals surface area contributed by atoms with E-state index < -0.39 is 10.0 Å². The van der Waals surface area contributed by atoms with Crippen LogP contribution in [0.1, 0.15) is 5.56 Å². The van der Waals surface area contributed by atoms with E-state index in [1.807, 2.05) is 6.07 Å². The molecule has 90 valence electrons. The molecular formula is C11H13N3O2S. The minimum atomic E-state index is -3.44. The van der Waals surface area contributed by atoms with E-state index in [4.69, 9.17) is 5.26 Å². The van der Waals surface area contributed by atoms with Crippen LogP contribution in [-0.2, 0) is 10.0 Å². The van der Waals surface area contributed by atoms with Gasteiger partial charge in [0.1, 0.15) is 0 Å². The van der Waals surface area contributed by atoms with Crippen molar-refractivity contribution < 1.29 is 8.42 Å². The monoisotopic (exact) mass is 251 g/mol. The lowest BCUT2D eigenvalue weighted by Gasteiger charge is -2.34. The Bertz CT molecular complexity index is 541. The third-order valence-corrected chi connectivity index (χ3v) is 4.86. The summed E-state index contributed by atoms with van der Waals surface area (Å²) >= 11 is 0. The average Bonchev–Trinajstić information content (AvgIpc) is 2.27. The molecule has 6 heteroatoms.